The number of nitrogens with zero attached hydrogens (tertiary/aromatic N) is 1. The number of hydrogen-bond donors (Lipinski definition) is 2. The summed E-state index contributed by atoms with van der Waals surface area (Å²) in [5, 5.41) is 6.98. The smallest absolute Gasteiger partial charge is 0.315 e. The molecule has 3 aliphatic rings. The fourth-order valence-corrected chi connectivity index (χ4v) is 5.13. The molecule has 2 amide bonds. The molecule has 0 aromatic rings. The van der Waals surface area contributed by atoms with Crippen molar-refractivity contribution in [1.82, 2.24) is 15.5 Å². The van der Waals surface area contributed by atoms with E-state index >= 15 is 0 Å². The summed E-state index contributed by atoms with van der Waals surface area (Å²) < 4.78 is 0. The summed E-state index contributed by atoms with van der Waals surface area (Å²) in [5.41, 5.74) is 0. The number of carbonyl (C=O) groups is 1. The number of thioether (sulfide) groups is 1. The average molecular weight is 326 g/mol. The lowest BCUT2D eigenvalue weighted by atomic mass is 9.95. The molecule has 126 valence electrons. The first-order valence-electron chi connectivity index (χ1n) is 9.16. The first-order valence-corrected chi connectivity index (χ1v) is 10.2. The molecule has 1 heterocycles. The standard InChI is InChI=1S/C17H31N3OS/c1-2-22-16-6-4-3-5-15(16)19-17(21)18-11-13-9-10-20(12-13)14-7-8-14/h13-16H,2-12H2,1H3,(H2,18,19,21)/t13-,15-,16-/m1/s1. The van der Waals surface area contributed by atoms with E-state index in [-0.39, 0.29) is 6.03 Å². The maximum Gasteiger partial charge on any atom is 0.315 e. The summed E-state index contributed by atoms with van der Waals surface area (Å²) in [6.45, 7) is 5.47. The lowest BCUT2D eigenvalue weighted by molar-refractivity contribution is 0.231. The highest BCUT2D eigenvalue weighted by Crippen LogP contribution is 2.31. The van der Waals surface area contributed by atoms with E-state index in [2.05, 4.69) is 22.5 Å². The van der Waals surface area contributed by atoms with Gasteiger partial charge in [0, 0.05) is 30.4 Å². The first-order chi connectivity index (χ1) is 10.8. The van der Waals surface area contributed by atoms with Gasteiger partial charge in [-0.2, -0.15) is 11.8 Å². The molecule has 4 nitrogen and oxygen atoms in total. The molecular formula is C17H31N3OS. The Bertz CT molecular complexity index is 373. The summed E-state index contributed by atoms with van der Waals surface area (Å²) in [5.74, 6) is 1.79. The Morgan fingerprint density at radius 2 is 2.00 bits per heavy atom. The van der Waals surface area contributed by atoms with E-state index in [1.165, 1.54) is 51.6 Å². The molecule has 3 atom stereocenters. The van der Waals surface area contributed by atoms with Crippen LogP contribution < -0.4 is 10.6 Å². The summed E-state index contributed by atoms with van der Waals surface area (Å²) in [7, 11) is 0. The second-order valence-electron chi connectivity index (χ2n) is 7.12. The van der Waals surface area contributed by atoms with Gasteiger partial charge in [0.25, 0.3) is 0 Å². The van der Waals surface area contributed by atoms with Crippen molar-refractivity contribution in [2.24, 2.45) is 5.92 Å². The van der Waals surface area contributed by atoms with Crippen LogP contribution in [0.1, 0.15) is 51.9 Å². The number of nitrogens with one attached hydrogen (secondary N) is 2. The molecule has 1 saturated heterocycles. The highest BCUT2D eigenvalue weighted by molar-refractivity contribution is 7.99. The molecule has 2 saturated carbocycles. The van der Waals surface area contributed by atoms with Crippen molar-refractivity contribution in [2.45, 2.75) is 69.2 Å². The Hall–Kier alpha value is -0.420. The molecule has 1 aliphatic heterocycles. The Morgan fingerprint density at radius 1 is 1.18 bits per heavy atom. The zero-order chi connectivity index (χ0) is 15.4. The minimum absolute atomic E-state index is 0.0541. The van der Waals surface area contributed by atoms with E-state index in [1.54, 1.807) is 0 Å². The topological polar surface area (TPSA) is 44.4 Å². The fraction of sp³-hybridized carbons (Fsp3) is 0.941. The van der Waals surface area contributed by atoms with Gasteiger partial charge in [-0.3, -0.25) is 0 Å². The van der Waals surface area contributed by atoms with Gasteiger partial charge in [0.15, 0.2) is 0 Å². The van der Waals surface area contributed by atoms with Crippen molar-refractivity contribution in [3.05, 3.63) is 0 Å². The van der Waals surface area contributed by atoms with Gasteiger partial charge in [-0.1, -0.05) is 19.8 Å². The maximum atomic E-state index is 12.2. The quantitative estimate of drug-likeness (QED) is 0.789. The van der Waals surface area contributed by atoms with Crippen LogP contribution in [-0.4, -0.2) is 53.7 Å². The van der Waals surface area contributed by atoms with Crippen molar-refractivity contribution in [3.8, 4) is 0 Å². The molecule has 3 fully saturated rings. The molecule has 22 heavy (non-hydrogen) atoms. The summed E-state index contributed by atoms with van der Waals surface area (Å²) in [6, 6.07) is 1.29. The van der Waals surface area contributed by atoms with Gasteiger partial charge in [0.1, 0.15) is 0 Å². The van der Waals surface area contributed by atoms with E-state index in [1.807, 2.05) is 11.8 Å². The van der Waals surface area contributed by atoms with E-state index < -0.39 is 0 Å². The van der Waals surface area contributed by atoms with Crippen LogP contribution in [0.2, 0.25) is 0 Å². The SMILES string of the molecule is CCS[C@@H]1CCCC[C@H]1NC(=O)NC[C@H]1CCN(C2CC2)C1. The van der Waals surface area contributed by atoms with Gasteiger partial charge < -0.3 is 15.5 Å². The molecular weight excluding hydrogens is 294 g/mol. The molecule has 2 aliphatic carbocycles. The number of amides is 2. The first kappa shape index (κ1) is 16.4. The number of rotatable bonds is 6. The highest BCUT2D eigenvalue weighted by Gasteiger charge is 2.34. The van der Waals surface area contributed by atoms with Crippen molar-refractivity contribution < 1.29 is 4.79 Å². The number of likely N-dealkylation sites (tertiary alicyclic amines) is 1. The summed E-state index contributed by atoms with van der Waals surface area (Å²) in [6.07, 6.45) is 8.99. The fourth-order valence-electron chi connectivity index (χ4n) is 3.93. The van der Waals surface area contributed by atoms with E-state index in [9.17, 15) is 4.79 Å². The minimum Gasteiger partial charge on any atom is -0.338 e. The molecule has 3 rings (SSSR count). The Morgan fingerprint density at radius 3 is 2.77 bits per heavy atom. The van der Waals surface area contributed by atoms with E-state index in [0.717, 1.165) is 24.8 Å². The van der Waals surface area contributed by atoms with Crippen LogP contribution in [0.3, 0.4) is 0 Å². The predicted octanol–water partition coefficient (Wildman–Crippen LogP) is 2.83. The lowest BCUT2D eigenvalue weighted by Crippen LogP contribution is -2.49. The Kier molecular flexibility index (Phi) is 5.91. The van der Waals surface area contributed by atoms with Gasteiger partial charge in [0.05, 0.1) is 0 Å². The lowest BCUT2D eigenvalue weighted by Gasteiger charge is -2.31. The van der Waals surface area contributed by atoms with Crippen LogP contribution in [0, 0.1) is 5.92 Å². The van der Waals surface area contributed by atoms with Crippen LogP contribution in [0.25, 0.3) is 0 Å². The Balaban J connectivity index is 1.36. The van der Waals surface area contributed by atoms with Gasteiger partial charge in [0.2, 0.25) is 0 Å². The van der Waals surface area contributed by atoms with Crippen molar-refractivity contribution in [1.29, 1.82) is 0 Å². The third kappa shape index (κ3) is 4.54. The predicted molar refractivity (Wildman–Crippen MR) is 93.4 cm³/mol. The maximum absolute atomic E-state index is 12.2. The van der Waals surface area contributed by atoms with Gasteiger partial charge >= 0.3 is 6.03 Å². The van der Waals surface area contributed by atoms with Gasteiger partial charge in [-0.15, -0.1) is 0 Å². The monoisotopic (exact) mass is 325 g/mol. The third-order valence-corrected chi connectivity index (χ3v) is 6.66. The van der Waals surface area contributed by atoms with E-state index in [4.69, 9.17) is 0 Å². The molecule has 0 aromatic carbocycles. The van der Waals surface area contributed by atoms with Crippen molar-refractivity contribution in [2.75, 3.05) is 25.4 Å². The number of urea groups is 1. The molecule has 0 spiro atoms. The molecule has 2 N–H and O–H groups in total. The van der Waals surface area contributed by atoms with Crippen molar-refractivity contribution in [3.63, 3.8) is 0 Å². The van der Waals surface area contributed by atoms with Crippen LogP contribution in [0.15, 0.2) is 0 Å². The van der Waals surface area contributed by atoms with Crippen LogP contribution in [0.4, 0.5) is 4.79 Å². The molecule has 5 heteroatoms. The largest absolute Gasteiger partial charge is 0.338 e. The normalized spacial score (nSPS) is 32.9. The average Bonchev–Trinajstić information content (AvgIpc) is 3.26. The summed E-state index contributed by atoms with van der Waals surface area (Å²) >= 11 is 2.01. The molecule has 0 unspecified atom stereocenters. The second-order valence-corrected chi connectivity index (χ2v) is 8.64. The third-order valence-electron chi connectivity index (χ3n) is 5.33. The second kappa shape index (κ2) is 7.91. The van der Waals surface area contributed by atoms with Crippen molar-refractivity contribution >= 4 is 17.8 Å². The number of hydrogen-bond acceptors (Lipinski definition) is 3. The van der Waals surface area contributed by atoms with Crippen LogP contribution in [0.5, 0.6) is 0 Å². The van der Waals surface area contributed by atoms with E-state index in [0.29, 0.717) is 17.2 Å². The van der Waals surface area contributed by atoms with Crippen LogP contribution >= 0.6 is 11.8 Å². The Labute approximate surface area is 139 Å². The molecule has 0 bridgehead atoms. The van der Waals surface area contributed by atoms with Crippen LogP contribution in [-0.2, 0) is 0 Å². The summed E-state index contributed by atoms with van der Waals surface area (Å²) in [4.78, 5) is 14.8. The number of carbonyl (C=O) groups excluding carboxylic acids is 1. The molecule has 0 aromatic heterocycles. The zero-order valence-electron chi connectivity index (χ0n) is 13.9. The van der Waals surface area contributed by atoms with Gasteiger partial charge in [-0.05, 0) is 50.3 Å². The van der Waals surface area contributed by atoms with Gasteiger partial charge in [-0.25, -0.2) is 4.79 Å². The molecule has 0 radical (unpaired) electrons. The highest BCUT2D eigenvalue weighted by atomic mass is 32.2. The minimum atomic E-state index is 0.0541. The zero-order valence-corrected chi connectivity index (χ0v) is 14.7.